The van der Waals surface area contributed by atoms with Crippen molar-refractivity contribution >= 4 is 0 Å². The number of rotatable bonds is 7. The molecule has 0 aliphatic heterocycles. The summed E-state index contributed by atoms with van der Waals surface area (Å²) in [5.74, 6) is 0. The van der Waals surface area contributed by atoms with Crippen LogP contribution in [-0.2, 0) is 19.9 Å². The van der Waals surface area contributed by atoms with E-state index in [0.29, 0.717) is 5.41 Å². The van der Waals surface area contributed by atoms with E-state index in [4.69, 9.17) is 0 Å². The van der Waals surface area contributed by atoms with Crippen molar-refractivity contribution in [2.45, 2.75) is 47.0 Å². The molecule has 0 amide bonds. The van der Waals surface area contributed by atoms with E-state index >= 15 is 0 Å². The average molecular weight is 237 g/mol. The van der Waals surface area contributed by atoms with Crippen LogP contribution in [0.3, 0.4) is 0 Å². The summed E-state index contributed by atoms with van der Waals surface area (Å²) >= 11 is 0. The second-order valence-corrected chi connectivity index (χ2v) is 5.55. The summed E-state index contributed by atoms with van der Waals surface area (Å²) in [5, 5.41) is 7.91. The maximum absolute atomic E-state index is 4.51. The van der Waals surface area contributed by atoms with Crippen LogP contribution in [-0.4, -0.2) is 22.9 Å². The zero-order valence-corrected chi connectivity index (χ0v) is 12.0. The molecular formula is C14H27N3. The summed E-state index contributed by atoms with van der Waals surface area (Å²) in [5.41, 5.74) is 2.88. The quantitative estimate of drug-likeness (QED) is 0.739. The molecule has 0 radical (unpaired) electrons. The third-order valence-electron chi connectivity index (χ3n) is 3.28. The topological polar surface area (TPSA) is 29.9 Å². The predicted octanol–water partition coefficient (Wildman–Crippen LogP) is 2.55. The van der Waals surface area contributed by atoms with E-state index in [9.17, 15) is 0 Å². The number of aromatic nitrogens is 2. The molecule has 17 heavy (non-hydrogen) atoms. The van der Waals surface area contributed by atoms with E-state index in [0.717, 1.165) is 25.9 Å². The van der Waals surface area contributed by atoms with E-state index in [2.05, 4.69) is 51.2 Å². The molecule has 98 valence electrons. The van der Waals surface area contributed by atoms with Crippen molar-refractivity contribution in [1.82, 2.24) is 15.1 Å². The van der Waals surface area contributed by atoms with E-state index in [1.54, 1.807) is 0 Å². The lowest BCUT2D eigenvalue weighted by Gasteiger charge is -2.24. The molecule has 0 aliphatic rings. The molecule has 1 aromatic heterocycles. The molecule has 0 spiro atoms. The summed E-state index contributed by atoms with van der Waals surface area (Å²) < 4.78 is 2.04. The van der Waals surface area contributed by atoms with Crippen LogP contribution in [0.4, 0.5) is 0 Å². The van der Waals surface area contributed by atoms with Crippen LogP contribution < -0.4 is 5.32 Å². The molecule has 1 heterocycles. The molecule has 3 nitrogen and oxygen atoms in total. The lowest BCUT2D eigenvalue weighted by atomic mass is 9.84. The van der Waals surface area contributed by atoms with Crippen molar-refractivity contribution in [1.29, 1.82) is 0 Å². The molecule has 0 atom stereocenters. The minimum absolute atomic E-state index is 0.334. The first-order valence-electron chi connectivity index (χ1n) is 6.71. The van der Waals surface area contributed by atoms with Gasteiger partial charge in [-0.15, -0.1) is 0 Å². The lowest BCUT2D eigenvalue weighted by Crippen LogP contribution is -2.24. The van der Waals surface area contributed by atoms with Crippen LogP contribution in [0.5, 0.6) is 0 Å². The van der Waals surface area contributed by atoms with Gasteiger partial charge in [0.2, 0.25) is 0 Å². The fourth-order valence-electron chi connectivity index (χ4n) is 2.09. The van der Waals surface area contributed by atoms with Crippen LogP contribution in [0.2, 0.25) is 0 Å². The summed E-state index contributed by atoms with van der Waals surface area (Å²) in [6.07, 6.45) is 3.32. The van der Waals surface area contributed by atoms with Crippen molar-refractivity contribution in [3.63, 3.8) is 0 Å². The molecule has 1 rings (SSSR count). The first-order chi connectivity index (χ1) is 7.98. The van der Waals surface area contributed by atoms with Crippen LogP contribution in [0.15, 0.2) is 6.07 Å². The molecule has 0 aromatic carbocycles. The van der Waals surface area contributed by atoms with Crippen molar-refractivity contribution in [3.05, 3.63) is 17.5 Å². The summed E-state index contributed by atoms with van der Waals surface area (Å²) in [6.45, 7) is 11.1. The predicted molar refractivity (Wildman–Crippen MR) is 73.2 cm³/mol. The minimum Gasteiger partial charge on any atom is -0.317 e. The van der Waals surface area contributed by atoms with Gasteiger partial charge in [0.15, 0.2) is 0 Å². The zero-order valence-electron chi connectivity index (χ0n) is 12.0. The third-order valence-corrected chi connectivity index (χ3v) is 3.28. The Kier molecular flexibility index (Phi) is 5.19. The summed E-state index contributed by atoms with van der Waals surface area (Å²) in [6, 6.07) is 2.25. The normalized spacial score (nSPS) is 12.1. The Morgan fingerprint density at radius 2 is 2.06 bits per heavy atom. The Balaban J connectivity index is 2.58. The molecular weight excluding hydrogens is 210 g/mol. The monoisotopic (exact) mass is 237 g/mol. The summed E-state index contributed by atoms with van der Waals surface area (Å²) in [4.78, 5) is 0. The second-order valence-electron chi connectivity index (χ2n) is 5.55. The standard InChI is InChI=1S/C14H27N3/c1-6-12-10-13(17(5)16-12)11-14(3,4)8-9-15-7-2/h10,15H,6-9,11H2,1-5H3. The van der Waals surface area contributed by atoms with E-state index in [1.165, 1.54) is 17.8 Å². The van der Waals surface area contributed by atoms with Crippen molar-refractivity contribution in [2.75, 3.05) is 13.1 Å². The Morgan fingerprint density at radius 3 is 2.59 bits per heavy atom. The van der Waals surface area contributed by atoms with Crippen LogP contribution >= 0.6 is 0 Å². The van der Waals surface area contributed by atoms with Crippen LogP contribution in [0.25, 0.3) is 0 Å². The van der Waals surface area contributed by atoms with Gasteiger partial charge in [0.1, 0.15) is 0 Å². The molecule has 0 saturated heterocycles. The molecule has 0 fully saturated rings. The largest absolute Gasteiger partial charge is 0.317 e. The molecule has 0 unspecified atom stereocenters. The maximum atomic E-state index is 4.51. The van der Waals surface area contributed by atoms with Crippen molar-refractivity contribution < 1.29 is 0 Å². The lowest BCUT2D eigenvalue weighted by molar-refractivity contribution is 0.319. The molecule has 0 bridgehead atoms. The molecule has 0 aliphatic carbocycles. The summed E-state index contributed by atoms with van der Waals surface area (Å²) in [7, 11) is 2.05. The highest BCUT2D eigenvalue weighted by Gasteiger charge is 2.20. The van der Waals surface area contributed by atoms with Gasteiger partial charge in [0.25, 0.3) is 0 Å². The number of nitrogens with zero attached hydrogens (tertiary/aromatic N) is 2. The Labute approximate surface area is 106 Å². The number of nitrogens with one attached hydrogen (secondary N) is 1. The molecule has 1 N–H and O–H groups in total. The first-order valence-corrected chi connectivity index (χ1v) is 6.71. The molecule has 3 heteroatoms. The average Bonchev–Trinajstić information content (AvgIpc) is 2.59. The third kappa shape index (κ3) is 4.50. The van der Waals surface area contributed by atoms with Gasteiger partial charge >= 0.3 is 0 Å². The highest BCUT2D eigenvalue weighted by molar-refractivity contribution is 5.11. The van der Waals surface area contributed by atoms with Gasteiger partial charge in [-0.1, -0.05) is 27.7 Å². The van der Waals surface area contributed by atoms with Gasteiger partial charge in [-0.25, -0.2) is 0 Å². The van der Waals surface area contributed by atoms with Gasteiger partial charge in [-0.3, -0.25) is 4.68 Å². The van der Waals surface area contributed by atoms with Gasteiger partial charge < -0.3 is 5.32 Å². The fourth-order valence-corrected chi connectivity index (χ4v) is 2.09. The van der Waals surface area contributed by atoms with E-state index in [-0.39, 0.29) is 0 Å². The number of aryl methyl sites for hydroxylation is 2. The van der Waals surface area contributed by atoms with Crippen LogP contribution in [0, 0.1) is 5.41 Å². The minimum atomic E-state index is 0.334. The van der Waals surface area contributed by atoms with E-state index < -0.39 is 0 Å². The van der Waals surface area contributed by atoms with Gasteiger partial charge in [-0.05, 0) is 43.8 Å². The van der Waals surface area contributed by atoms with Crippen molar-refractivity contribution in [3.8, 4) is 0 Å². The Morgan fingerprint density at radius 1 is 1.35 bits per heavy atom. The second kappa shape index (κ2) is 6.20. The number of hydrogen-bond acceptors (Lipinski definition) is 2. The number of hydrogen-bond donors (Lipinski definition) is 1. The zero-order chi connectivity index (χ0) is 12.9. The smallest absolute Gasteiger partial charge is 0.0624 e. The van der Waals surface area contributed by atoms with Crippen molar-refractivity contribution in [2.24, 2.45) is 12.5 Å². The highest BCUT2D eigenvalue weighted by atomic mass is 15.3. The van der Waals surface area contributed by atoms with Gasteiger partial charge in [0.05, 0.1) is 5.69 Å². The Bertz CT molecular complexity index is 339. The maximum Gasteiger partial charge on any atom is 0.0624 e. The highest BCUT2D eigenvalue weighted by Crippen LogP contribution is 2.25. The molecule has 1 aromatic rings. The SMILES string of the molecule is CCNCCC(C)(C)Cc1cc(CC)nn1C. The van der Waals surface area contributed by atoms with Gasteiger partial charge in [0, 0.05) is 12.7 Å². The van der Waals surface area contributed by atoms with Crippen LogP contribution in [0.1, 0.15) is 45.5 Å². The Hall–Kier alpha value is -0.830. The van der Waals surface area contributed by atoms with Gasteiger partial charge in [-0.2, -0.15) is 5.10 Å². The first kappa shape index (κ1) is 14.2. The molecule has 0 saturated carbocycles. The fraction of sp³-hybridized carbons (Fsp3) is 0.786. The van der Waals surface area contributed by atoms with E-state index in [1.807, 2.05) is 4.68 Å².